The van der Waals surface area contributed by atoms with Crippen LogP contribution in [0.2, 0.25) is 0 Å². The number of benzene rings is 4. The molecule has 7 rings (SSSR count). The van der Waals surface area contributed by atoms with Gasteiger partial charge in [0.25, 0.3) is 5.91 Å². The second-order valence-corrected chi connectivity index (χ2v) is 11.8. The predicted molar refractivity (Wildman–Crippen MR) is 194 cm³/mol. The van der Waals surface area contributed by atoms with Crippen LogP contribution in [0.5, 0.6) is 5.75 Å². The van der Waals surface area contributed by atoms with Crippen LogP contribution in [0.15, 0.2) is 122 Å². The molecule has 0 aliphatic carbocycles. The third-order valence-corrected chi connectivity index (χ3v) is 8.00. The van der Waals surface area contributed by atoms with E-state index in [1.165, 1.54) is 23.0 Å². The fourth-order valence-electron chi connectivity index (χ4n) is 5.30. The highest BCUT2D eigenvalue weighted by Gasteiger charge is 2.31. The number of imidazole rings is 1. The number of halogens is 3. The van der Waals surface area contributed by atoms with Gasteiger partial charge in [-0.15, -0.1) is 0 Å². The first kappa shape index (κ1) is 35.7. The van der Waals surface area contributed by atoms with Gasteiger partial charge in [-0.2, -0.15) is 13.2 Å². The summed E-state index contributed by atoms with van der Waals surface area (Å²) < 4.78 is 42.3. The Morgan fingerprint density at radius 2 is 1.68 bits per heavy atom. The topological polar surface area (TPSA) is 155 Å². The van der Waals surface area contributed by atoms with Crippen LogP contribution in [0.25, 0.3) is 27.7 Å². The summed E-state index contributed by atoms with van der Waals surface area (Å²) in [6.45, 7) is 3.58. The van der Waals surface area contributed by atoms with Crippen molar-refractivity contribution in [1.82, 2.24) is 24.5 Å². The van der Waals surface area contributed by atoms with Gasteiger partial charge in [-0.3, -0.25) is 9.78 Å². The average Bonchev–Trinajstić information content (AvgIpc) is 3.59. The number of nitrogens with zero attached hydrogens (tertiary/aromatic N) is 5. The van der Waals surface area contributed by atoms with E-state index in [0.29, 0.717) is 28.4 Å². The number of phenols is 1. The number of fused-ring (bicyclic) bond motifs is 1. The number of aryl methyl sites for hydroxylation is 2. The highest BCUT2D eigenvalue weighted by molar-refractivity contribution is 6.05. The molecular weight excluding hydrogens is 687 g/mol. The average molecular weight is 718 g/mol. The van der Waals surface area contributed by atoms with E-state index in [1.54, 1.807) is 80.2 Å². The van der Waals surface area contributed by atoms with Gasteiger partial charge >= 0.3 is 12.1 Å². The summed E-state index contributed by atoms with van der Waals surface area (Å²) >= 11 is 0. The van der Waals surface area contributed by atoms with Gasteiger partial charge in [-0.25, -0.2) is 19.7 Å². The zero-order chi connectivity index (χ0) is 37.7. The summed E-state index contributed by atoms with van der Waals surface area (Å²) in [7, 11) is 0. The van der Waals surface area contributed by atoms with E-state index in [2.05, 4.69) is 30.6 Å². The standard InChI is InChI=1S/C28H22F3N7O.C11H8O3/c1-17-5-6-19(10-25(17)37-27-33-9-7-24(36-27)20-4-3-8-32-14-20)26(39)35-22-11-21(28(29,30)31)12-23(13-22)38-15-18(2)34-16-38;12-10-8-4-2-1-3-7(8)5-6-9(10)11(13)14/h3-16H,1-2H3,(H,35,39)(H,33,36,37);1-6,12H,(H,13,14). The lowest BCUT2D eigenvalue weighted by Gasteiger charge is -2.14. The van der Waals surface area contributed by atoms with E-state index >= 15 is 0 Å². The lowest BCUT2D eigenvalue weighted by molar-refractivity contribution is -0.137. The number of carbonyl (C=O) groups excluding carboxylic acids is 1. The number of alkyl halides is 3. The Morgan fingerprint density at radius 1 is 0.868 bits per heavy atom. The number of carboxylic acids is 1. The van der Waals surface area contributed by atoms with Crippen LogP contribution in [0.3, 0.4) is 0 Å². The van der Waals surface area contributed by atoms with Crippen molar-refractivity contribution in [3.05, 3.63) is 150 Å². The number of rotatable bonds is 7. The molecule has 0 aliphatic heterocycles. The van der Waals surface area contributed by atoms with Crippen LogP contribution in [0.1, 0.15) is 37.5 Å². The third kappa shape index (κ3) is 8.45. The summed E-state index contributed by atoms with van der Waals surface area (Å²) in [5, 5.41) is 25.5. The van der Waals surface area contributed by atoms with E-state index in [4.69, 9.17) is 5.11 Å². The van der Waals surface area contributed by atoms with Crippen LogP contribution < -0.4 is 10.6 Å². The summed E-state index contributed by atoms with van der Waals surface area (Å²) in [5.74, 6) is -1.55. The number of hydrogen-bond acceptors (Lipinski definition) is 8. The molecule has 1 amide bonds. The van der Waals surface area contributed by atoms with Crippen molar-refractivity contribution in [3.63, 3.8) is 0 Å². The van der Waals surface area contributed by atoms with Crippen LogP contribution in [-0.4, -0.2) is 46.6 Å². The van der Waals surface area contributed by atoms with Crippen LogP contribution >= 0.6 is 0 Å². The molecule has 0 bridgehead atoms. The number of amides is 1. The summed E-state index contributed by atoms with van der Waals surface area (Å²) in [6, 6.07) is 23.9. The first-order valence-electron chi connectivity index (χ1n) is 16.0. The number of carbonyl (C=O) groups is 2. The van der Waals surface area contributed by atoms with Crippen molar-refractivity contribution >= 4 is 40.0 Å². The summed E-state index contributed by atoms with van der Waals surface area (Å²) in [4.78, 5) is 40.8. The molecule has 0 aliphatic rings. The molecule has 0 atom stereocenters. The second-order valence-electron chi connectivity index (χ2n) is 11.8. The first-order valence-corrected chi connectivity index (χ1v) is 16.0. The van der Waals surface area contributed by atoms with Crippen molar-refractivity contribution in [2.75, 3.05) is 10.6 Å². The molecule has 3 heterocycles. The van der Waals surface area contributed by atoms with Crippen molar-refractivity contribution < 1.29 is 33.0 Å². The second kappa shape index (κ2) is 15.0. The van der Waals surface area contributed by atoms with Crippen molar-refractivity contribution in [2.45, 2.75) is 20.0 Å². The lowest BCUT2D eigenvalue weighted by atomic mass is 10.1. The number of pyridine rings is 1. The summed E-state index contributed by atoms with van der Waals surface area (Å²) in [5.41, 5.74) is 3.03. The minimum Gasteiger partial charge on any atom is -0.506 e. The van der Waals surface area contributed by atoms with Gasteiger partial charge in [0, 0.05) is 58.4 Å². The van der Waals surface area contributed by atoms with E-state index in [1.807, 2.05) is 25.1 Å². The van der Waals surface area contributed by atoms with E-state index in [0.717, 1.165) is 28.6 Å². The SMILES string of the molecule is Cc1cn(-c2cc(NC(=O)c3ccc(C)c(Nc4nccc(-c5cccnc5)n4)c3)cc(C(F)(F)F)c2)cn1.O=C(O)c1ccc2ccccc2c1O. The molecular formula is C39H30F3N7O4. The van der Waals surface area contributed by atoms with Gasteiger partial charge in [0.15, 0.2) is 0 Å². The Kier molecular flexibility index (Phi) is 10.1. The van der Waals surface area contributed by atoms with Gasteiger partial charge in [0.1, 0.15) is 11.3 Å². The largest absolute Gasteiger partial charge is 0.506 e. The number of aromatic nitrogens is 5. The Balaban J connectivity index is 0.000000286. The number of anilines is 3. The van der Waals surface area contributed by atoms with Gasteiger partial charge in [-0.1, -0.05) is 36.4 Å². The Bertz CT molecular complexity index is 2450. The molecule has 53 heavy (non-hydrogen) atoms. The molecule has 0 fully saturated rings. The Hall–Kier alpha value is -7.09. The van der Waals surface area contributed by atoms with Crippen LogP contribution in [0, 0.1) is 13.8 Å². The molecule has 0 spiro atoms. The maximum Gasteiger partial charge on any atom is 0.416 e. The quantitative estimate of drug-likeness (QED) is 0.127. The molecule has 0 radical (unpaired) electrons. The number of nitrogens with one attached hydrogen (secondary N) is 2. The first-order chi connectivity index (χ1) is 25.4. The van der Waals surface area contributed by atoms with Crippen molar-refractivity contribution in [1.29, 1.82) is 0 Å². The fourth-order valence-corrected chi connectivity index (χ4v) is 5.30. The van der Waals surface area contributed by atoms with E-state index < -0.39 is 23.6 Å². The highest BCUT2D eigenvalue weighted by atomic mass is 19.4. The monoisotopic (exact) mass is 717 g/mol. The molecule has 266 valence electrons. The number of aromatic hydroxyl groups is 1. The minimum absolute atomic E-state index is 0.00114. The number of aromatic carboxylic acids is 1. The molecule has 11 nitrogen and oxygen atoms in total. The van der Waals surface area contributed by atoms with E-state index in [-0.39, 0.29) is 28.3 Å². The fraction of sp³-hybridized carbons (Fsp3) is 0.0769. The zero-order valence-corrected chi connectivity index (χ0v) is 28.1. The molecule has 3 aromatic heterocycles. The van der Waals surface area contributed by atoms with Crippen LogP contribution in [-0.2, 0) is 6.18 Å². The third-order valence-electron chi connectivity index (χ3n) is 8.00. The predicted octanol–water partition coefficient (Wildman–Crippen LogP) is 8.60. The summed E-state index contributed by atoms with van der Waals surface area (Å²) in [6.07, 6.45) is 3.38. The van der Waals surface area contributed by atoms with Gasteiger partial charge < -0.3 is 25.4 Å². The maximum absolute atomic E-state index is 13.6. The Morgan fingerprint density at radius 3 is 2.40 bits per heavy atom. The number of carboxylic acid groups (broad SMARTS) is 1. The van der Waals surface area contributed by atoms with Gasteiger partial charge in [-0.05, 0) is 79.4 Å². The van der Waals surface area contributed by atoms with Crippen molar-refractivity contribution in [3.8, 4) is 22.7 Å². The van der Waals surface area contributed by atoms with Crippen LogP contribution in [0.4, 0.5) is 30.5 Å². The van der Waals surface area contributed by atoms with Gasteiger partial charge in [0.2, 0.25) is 5.95 Å². The molecule has 0 saturated heterocycles. The lowest BCUT2D eigenvalue weighted by Crippen LogP contribution is -2.14. The minimum atomic E-state index is -4.60. The maximum atomic E-state index is 13.6. The zero-order valence-electron chi connectivity index (χ0n) is 28.1. The highest BCUT2D eigenvalue weighted by Crippen LogP contribution is 2.34. The molecule has 0 saturated carbocycles. The molecule has 14 heteroatoms. The molecule has 0 unspecified atom stereocenters. The van der Waals surface area contributed by atoms with E-state index in [9.17, 15) is 27.9 Å². The van der Waals surface area contributed by atoms with Gasteiger partial charge in [0.05, 0.1) is 23.3 Å². The Labute approximate surface area is 300 Å². The molecule has 4 N–H and O–H groups in total. The molecule has 7 aromatic rings. The smallest absolute Gasteiger partial charge is 0.416 e. The molecule has 4 aromatic carbocycles. The van der Waals surface area contributed by atoms with Crippen molar-refractivity contribution in [2.24, 2.45) is 0 Å². The number of hydrogen-bond donors (Lipinski definition) is 4. The normalized spacial score (nSPS) is 11.0.